The van der Waals surface area contributed by atoms with E-state index in [9.17, 15) is 0 Å². The Bertz CT molecular complexity index is 2360. The Morgan fingerprint density at radius 2 is 0.686 bits per heavy atom. The van der Waals surface area contributed by atoms with Gasteiger partial charge in [-0.15, -0.1) is 0 Å². The van der Waals surface area contributed by atoms with Crippen molar-refractivity contribution >= 4 is 66.6 Å². The molecular weight excluding hydrogens is 657 g/mol. The minimum Gasteiger partial charge on any atom is -0.454 e. The number of benzene rings is 8. The highest BCUT2D eigenvalue weighted by Crippen LogP contribution is 2.51. The molecule has 0 aliphatic rings. The predicted molar refractivity (Wildman–Crippen MR) is 222 cm³/mol. The van der Waals surface area contributed by atoms with Crippen LogP contribution in [0.1, 0.15) is 49.9 Å². The maximum atomic E-state index is 7.75. The third-order valence-electron chi connectivity index (χ3n) is 10.2. The molecule has 0 spiro atoms. The number of ether oxygens (including phenoxy) is 1. The summed E-state index contributed by atoms with van der Waals surface area (Å²) in [6.07, 6.45) is 3.70. The van der Waals surface area contributed by atoms with E-state index in [1.807, 2.05) is 0 Å². The molecule has 0 atom stereocenters. The second kappa shape index (κ2) is 14.5. The van der Waals surface area contributed by atoms with E-state index in [1.54, 1.807) is 23.5 Å². The first-order valence-electron chi connectivity index (χ1n) is 18.3. The van der Waals surface area contributed by atoms with E-state index in [0.29, 0.717) is 0 Å². The molecule has 8 aromatic rings. The van der Waals surface area contributed by atoms with Crippen LogP contribution in [0.3, 0.4) is 0 Å². The number of fused-ring (bicyclic) bond motifs is 4. The van der Waals surface area contributed by atoms with E-state index in [4.69, 9.17) is 4.74 Å². The molecule has 8 aromatic carbocycles. The highest BCUT2D eigenvalue weighted by molar-refractivity contribution is 7.99. The second-order valence-corrected chi connectivity index (χ2v) is 15.2. The van der Waals surface area contributed by atoms with Crippen LogP contribution in [0.2, 0.25) is 0 Å². The summed E-state index contributed by atoms with van der Waals surface area (Å²) in [6, 6.07) is 48.6. The van der Waals surface area contributed by atoms with Gasteiger partial charge in [-0.05, 0) is 117 Å². The van der Waals surface area contributed by atoms with Crippen molar-refractivity contribution in [3.63, 3.8) is 0 Å². The van der Waals surface area contributed by atoms with Gasteiger partial charge in [-0.1, -0.05) is 148 Å². The molecular formula is C48H42OS2. The first kappa shape index (κ1) is 33.4. The Morgan fingerprint density at radius 3 is 1.04 bits per heavy atom. The van der Waals surface area contributed by atoms with Gasteiger partial charge in [-0.2, -0.15) is 0 Å². The number of rotatable bonds is 10. The van der Waals surface area contributed by atoms with Crippen LogP contribution in [0.25, 0.3) is 43.1 Å². The number of hydrogen-bond donors (Lipinski definition) is 0. The lowest BCUT2D eigenvalue weighted by atomic mass is 9.88. The SMILES string of the molecule is CCc1c2ccccc2c(CC)c2c(Oc3c(Sc4ccccc4)ccc4c(CC)c5ccccc5c(CC)c34)c(Sc3ccccc3)ccc12. The molecule has 0 radical (unpaired) electrons. The number of aryl methyl sites for hydroxylation is 4. The molecule has 0 heterocycles. The fraction of sp³-hybridized carbons (Fsp3) is 0.167. The molecule has 0 unspecified atom stereocenters. The van der Waals surface area contributed by atoms with Crippen molar-refractivity contribution in [2.75, 3.05) is 0 Å². The molecule has 0 aliphatic carbocycles. The average molecular weight is 699 g/mol. The Hall–Kier alpha value is -4.70. The summed E-state index contributed by atoms with van der Waals surface area (Å²) in [5.74, 6) is 1.91. The van der Waals surface area contributed by atoms with E-state index in [2.05, 4.69) is 161 Å². The maximum Gasteiger partial charge on any atom is 0.149 e. The fourth-order valence-electron chi connectivity index (χ4n) is 8.00. The molecule has 0 aliphatic heterocycles. The monoisotopic (exact) mass is 698 g/mol. The minimum absolute atomic E-state index is 0.906. The van der Waals surface area contributed by atoms with Crippen molar-refractivity contribution in [2.24, 2.45) is 0 Å². The van der Waals surface area contributed by atoms with Crippen LogP contribution >= 0.6 is 23.5 Å². The summed E-state index contributed by atoms with van der Waals surface area (Å²) < 4.78 is 7.75. The lowest BCUT2D eigenvalue weighted by Gasteiger charge is -2.24. The molecule has 51 heavy (non-hydrogen) atoms. The summed E-state index contributed by atoms with van der Waals surface area (Å²) in [5, 5.41) is 10.4. The summed E-state index contributed by atoms with van der Waals surface area (Å²) in [7, 11) is 0. The standard InChI is InChI=1S/C48H42OS2/c1-5-33-37-23-15-17-25-39(37)35(7-3)45-41(33)27-29-43(50-31-19-11-9-12-20-31)47(45)49-48-44(51-32-21-13-10-14-22-32)30-28-42-34(6-2)38-24-16-18-26-40(38)36(8-4)46(42)48/h9-30H,5-8H2,1-4H3. The minimum atomic E-state index is 0.906. The van der Waals surface area contributed by atoms with Gasteiger partial charge in [0, 0.05) is 20.6 Å². The Balaban J connectivity index is 1.51. The van der Waals surface area contributed by atoms with Crippen molar-refractivity contribution < 1.29 is 4.74 Å². The van der Waals surface area contributed by atoms with Crippen LogP contribution in [0.15, 0.2) is 153 Å². The van der Waals surface area contributed by atoms with Crippen LogP contribution in [0.5, 0.6) is 11.5 Å². The topological polar surface area (TPSA) is 9.23 Å². The second-order valence-electron chi connectivity index (χ2n) is 13.0. The quantitative estimate of drug-likeness (QED) is 0.132. The molecule has 0 amide bonds. The van der Waals surface area contributed by atoms with Crippen LogP contribution < -0.4 is 4.74 Å². The molecule has 0 aromatic heterocycles. The third kappa shape index (κ3) is 5.97. The third-order valence-corrected chi connectivity index (χ3v) is 12.3. The van der Waals surface area contributed by atoms with Gasteiger partial charge < -0.3 is 4.74 Å². The fourth-order valence-corrected chi connectivity index (χ4v) is 9.84. The highest BCUT2D eigenvalue weighted by atomic mass is 32.2. The molecule has 0 bridgehead atoms. The zero-order valence-corrected chi connectivity index (χ0v) is 31.4. The van der Waals surface area contributed by atoms with E-state index in [0.717, 1.165) is 47.0 Å². The van der Waals surface area contributed by atoms with Crippen LogP contribution in [0, 0.1) is 0 Å². The predicted octanol–water partition coefficient (Wildman–Crippen LogP) is 14.6. The van der Waals surface area contributed by atoms with Gasteiger partial charge in [-0.3, -0.25) is 0 Å². The van der Waals surface area contributed by atoms with Crippen LogP contribution in [0.4, 0.5) is 0 Å². The van der Waals surface area contributed by atoms with Gasteiger partial charge in [0.2, 0.25) is 0 Å². The summed E-state index contributed by atoms with van der Waals surface area (Å²) in [5.41, 5.74) is 5.45. The smallest absolute Gasteiger partial charge is 0.149 e. The average Bonchev–Trinajstić information content (AvgIpc) is 3.18. The molecule has 1 nitrogen and oxygen atoms in total. The van der Waals surface area contributed by atoms with Gasteiger partial charge in [0.05, 0.1) is 9.79 Å². The first-order chi connectivity index (χ1) is 25.1. The summed E-state index contributed by atoms with van der Waals surface area (Å²) in [6.45, 7) is 9.14. The lowest BCUT2D eigenvalue weighted by Crippen LogP contribution is -2.01. The van der Waals surface area contributed by atoms with E-state index < -0.39 is 0 Å². The zero-order chi connectivity index (χ0) is 34.9. The van der Waals surface area contributed by atoms with Crippen LogP contribution in [-0.4, -0.2) is 0 Å². The van der Waals surface area contributed by atoms with Gasteiger partial charge in [0.15, 0.2) is 0 Å². The Kier molecular flexibility index (Phi) is 9.51. The van der Waals surface area contributed by atoms with Crippen molar-refractivity contribution in [1.29, 1.82) is 0 Å². The van der Waals surface area contributed by atoms with Crippen molar-refractivity contribution in [3.8, 4) is 11.5 Å². The van der Waals surface area contributed by atoms with Gasteiger partial charge >= 0.3 is 0 Å². The molecule has 0 saturated heterocycles. The molecule has 0 N–H and O–H groups in total. The van der Waals surface area contributed by atoms with Crippen molar-refractivity contribution in [2.45, 2.75) is 73.0 Å². The molecule has 8 rings (SSSR count). The molecule has 0 saturated carbocycles. The summed E-state index contributed by atoms with van der Waals surface area (Å²) >= 11 is 3.58. The van der Waals surface area contributed by atoms with Gasteiger partial charge in [0.25, 0.3) is 0 Å². The van der Waals surface area contributed by atoms with Crippen molar-refractivity contribution in [1.82, 2.24) is 0 Å². The van der Waals surface area contributed by atoms with Gasteiger partial charge in [0.1, 0.15) is 11.5 Å². The number of hydrogen-bond acceptors (Lipinski definition) is 3. The maximum absolute atomic E-state index is 7.75. The Labute approximate surface area is 310 Å². The largest absolute Gasteiger partial charge is 0.454 e. The molecule has 252 valence electrons. The molecule has 3 heteroatoms. The highest BCUT2D eigenvalue weighted by Gasteiger charge is 2.24. The van der Waals surface area contributed by atoms with E-state index in [-0.39, 0.29) is 0 Å². The van der Waals surface area contributed by atoms with Gasteiger partial charge in [-0.25, -0.2) is 0 Å². The van der Waals surface area contributed by atoms with Crippen LogP contribution in [-0.2, 0) is 25.7 Å². The van der Waals surface area contributed by atoms with E-state index >= 15 is 0 Å². The first-order valence-corrected chi connectivity index (χ1v) is 19.9. The Morgan fingerprint density at radius 1 is 0.353 bits per heavy atom. The summed E-state index contributed by atoms with van der Waals surface area (Å²) in [4.78, 5) is 4.65. The lowest BCUT2D eigenvalue weighted by molar-refractivity contribution is 0.471. The van der Waals surface area contributed by atoms with Crippen molar-refractivity contribution in [3.05, 3.63) is 156 Å². The normalized spacial score (nSPS) is 11.6. The zero-order valence-electron chi connectivity index (χ0n) is 29.8. The van der Waals surface area contributed by atoms with E-state index in [1.165, 1.54) is 75.1 Å². The molecule has 0 fully saturated rings.